The standard InChI is InChI=1S/C10H5BrN4S/c11-15-9-3-1-2-8(10(9)14-16-15)7(6-13)4-5-12/h1-4,14H. The molecule has 0 aromatic heterocycles. The summed E-state index contributed by atoms with van der Waals surface area (Å²) in [5.41, 5.74) is 2.86. The van der Waals surface area contributed by atoms with E-state index < -0.39 is 0 Å². The summed E-state index contributed by atoms with van der Waals surface area (Å²) >= 11 is 4.71. The second-order valence-electron chi connectivity index (χ2n) is 2.94. The zero-order valence-corrected chi connectivity index (χ0v) is 10.3. The second kappa shape index (κ2) is 4.48. The number of anilines is 2. The van der Waals surface area contributed by atoms with Crippen LogP contribution in [0.3, 0.4) is 0 Å². The van der Waals surface area contributed by atoms with Crippen LogP contribution in [0.5, 0.6) is 0 Å². The van der Waals surface area contributed by atoms with Crippen LogP contribution in [0.1, 0.15) is 5.56 Å². The second-order valence-corrected chi connectivity index (χ2v) is 4.87. The molecule has 4 nitrogen and oxygen atoms in total. The van der Waals surface area contributed by atoms with E-state index in [2.05, 4.69) is 20.9 Å². The van der Waals surface area contributed by atoms with Gasteiger partial charge in [0, 0.05) is 11.6 Å². The summed E-state index contributed by atoms with van der Waals surface area (Å²) in [6.45, 7) is 0. The number of nitrogens with zero attached hydrogens (tertiary/aromatic N) is 3. The molecule has 1 aliphatic heterocycles. The van der Waals surface area contributed by atoms with Gasteiger partial charge in [0.1, 0.15) is 6.07 Å². The number of nitrogens with one attached hydrogen (secondary N) is 1. The molecule has 16 heavy (non-hydrogen) atoms. The third-order valence-electron chi connectivity index (χ3n) is 2.08. The Kier molecular flexibility index (Phi) is 3.04. The highest BCUT2D eigenvalue weighted by atomic mass is 79.9. The molecule has 1 aromatic carbocycles. The number of nitriles is 2. The average molecular weight is 293 g/mol. The molecule has 0 radical (unpaired) electrons. The molecule has 0 atom stereocenters. The molecular weight excluding hydrogens is 288 g/mol. The van der Waals surface area contributed by atoms with Crippen molar-refractivity contribution in [1.29, 1.82) is 10.5 Å². The van der Waals surface area contributed by atoms with Crippen molar-refractivity contribution >= 4 is 45.2 Å². The maximum absolute atomic E-state index is 8.98. The molecule has 2 rings (SSSR count). The number of hydrogen-bond acceptors (Lipinski definition) is 5. The van der Waals surface area contributed by atoms with E-state index in [0.29, 0.717) is 5.57 Å². The normalized spacial score (nSPS) is 13.7. The van der Waals surface area contributed by atoms with Crippen molar-refractivity contribution in [3.05, 3.63) is 29.8 Å². The van der Waals surface area contributed by atoms with Crippen molar-refractivity contribution in [2.75, 3.05) is 8.05 Å². The van der Waals surface area contributed by atoms with E-state index in [9.17, 15) is 0 Å². The molecule has 0 bridgehead atoms. The first kappa shape index (κ1) is 10.9. The molecule has 0 saturated carbocycles. The van der Waals surface area contributed by atoms with E-state index in [1.165, 1.54) is 18.2 Å². The fourth-order valence-corrected chi connectivity index (χ4v) is 2.54. The molecule has 0 amide bonds. The number of rotatable bonds is 1. The lowest BCUT2D eigenvalue weighted by molar-refractivity contribution is 1.50. The third kappa shape index (κ3) is 1.73. The van der Waals surface area contributed by atoms with E-state index in [-0.39, 0.29) is 0 Å². The van der Waals surface area contributed by atoms with Crippen molar-refractivity contribution in [2.45, 2.75) is 0 Å². The minimum Gasteiger partial charge on any atom is -0.309 e. The van der Waals surface area contributed by atoms with Gasteiger partial charge in [-0.15, -0.1) is 0 Å². The summed E-state index contributed by atoms with van der Waals surface area (Å²) in [5.74, 6) is 0. The Bertz CT molecular complexity index is 541. The van der Waals surface area contributed by atoms with Gasteiger partial charge in [-0.3, -0.25) is 0 Å². The molecule has 0 saturated heterocycles. The van der Waals surface area contributed by atoms with Crippen LogP contribution in [0.25, 0.3) is 5.57 Å². The summed E-state index contributed by atoms with van der Waals surface area (Å²) in [6, 6.07) is 9.47. The zero-order chi connectivity index (χ0) is 11.5. The van der Waals surface area contributed by atoms with Gasteiger partial charge in [-0.1, -0.05) is 12.1 Å². The van der Waals surface area contributed by atoms with Gasteiger partial charge < -0.3 is 4.72 Å². The van der Waals surface area contributed by atoms with Crippen LogP contribution in [-0.4, -0.2) is 0 Å². The predicted molar refractivity (Wildman–Crippen MR) is 68.3 cm³/mol. The number of halogens is 1. The van der Waals surface area contributed by atoms with Crippen molar-refractivity contribution in [3.8, 4) is 12.1 Å². The molecule has 0 aliphatic carbocycles. The highest BCUT2D eigenvalue weighted by Gasteiger charge is 2.22. The summed E-state index contributed by atoms with van der Waals surface area (Å²) in [4.78, 5) is 0. The molecule has 1 aromatic rings. The lowest BCUT2D eigenvalue weighted by Crippen LogP contribution is -1.90. The first-order chi connectivity index (χ1) is 7.77. The molecule has 6 heteroatoms. The summed E-state index contributed by atoms with van der Waals surface area (Å²) in [6.07, 6.45) is 1.25. The third-order valence-corrected chi connectivity index (χ3v) is 3.55. The summed E-state index contributed by atoms with van der Waals surface area (Å²) in [7, 11) is 0. The van der Waals surface area contributed by atoms with Crippen molar-refractivity contribution in [1.82, 2.24) is 0 Å². The highest BCUT2D eigenvalue weighted by molar-refractivity contribution is 9.11. The SMILES string of the molecule is N#CC=C(C#N)c1cccc2c1NSN2Br. The highest BCUT2D eigenvalue weighted by Crippen LogP contribution is 2.45. The Hall–Kier alpha value is -1.63. The monoisotopic (exact) mass is 292 g/mol. The smallest absolute Gasteiger partial charge is 0.101 e. The van der Waals surface area contributed by atoms with Gasteiger partial charge in [0.2, 0.25) is 0 Å². The molecule has 0 fully saturated rings. The van der Waals surface area contributed by atoms with Gasteiger partial charge in [-0.25, -0.2) is 3.33 Å². The fraction of sp³-hybridized carbons (Fsp3) is 0. The lowest BCUT2D eigenvalue weighted by Gasteiger charge is -2.06. The summed E-state index contributed by atoms with van der Waals surface area (Å²) < 4.78 is 4.87. The maximum Gasteiger partial charge on any atom is 0.101 e. The average Bonchev–Trinajstić information content (AvgIpc) is 2.68. The van der Waals surface area contributed by atoms with E-state index in [4.69, 9.17) is 10.5 Å². The molecule has 1 N–H and O–H groups in total. The van der Waals surface area contributed by atoms with Crippen LogP contribution in [-0.2, 0) is 0 Å². The first-order valence-corrected chi connectivity index (χ1v) is 5.78. The Balaban J connectivity index is 2.57. The Morgan fingerprint density at radius 3 is 3.00 bits per heavy atom. The number of hydrogen-bond donors (Lipinski definition) is 1. The van der Waals surface area contributed by atoms with Crippen molar-refractivity contribution in [2.24, 2.45) is 0 Å². The minimum absolute atomic E-state index is 0.357. The lowest BCUT2D eigenvalue weighted by atomic mass is 10.0. The predicted octanol–water partition coefficient (Wildman–Crippen LogP) is 3.22. The van der Waals surface area contributed by atoms with Crippen LogP contribution in [0.15, 0.2) is 24.3 Å². The van der Waals surface area contributed by atoms with E-state index >= 15 is 0 Å². The van der Waals surface area contributed by atoms with Gasteiger partial charge in [-0.2, -0.15) is 10.5 Å². The number of benzene rings is 1. The molecule has 78 valence electrons. The van der Waals surface area contributed by atoms with Crippen LogP contribution in [0.4, 0.5) is 11.4 Å². The Morgan fingerprint density at radius 1 is 1.50 bits per heavy atom. The molecule has 1 heterocycles. The van der Waals surface area contributed by atoms with E-state index in [1.807, 2.05) is 30.3 Å². The van der Waals surface area contributed by atoms with Crippen LogP contribution >= 0.6 is 28.3 Å². The number of para-hydroxylation sites is 1. The fourth-order valence-electron chi connectivity index (χ4n) is 1.39. The van der Waals surface area contributed by atoms with E-state index in [1.54, 1.807) is 3.33 Å². The molecule has 0 spiro atoms. The Morgan fingerprint density at radius 2 is 2.31 bits per heavy atom. The van der Waals surface area contributed by atoms with Gasteiger partial charge >= 0.3 is 0 Å². The van der Waals surface area contributed by atoms with Crippen LogP contribution in [0, 0.1) is 22.7 Å². The molecule has 1 aliphatic rings. The molecular formula is C10H5BrN4S. The van der Waals surface area contributed by atoms with Gasteiger partial charge in [-0.05, 0) is 6.07 Å². The van der Waals surface area contributed by atoms with Crippen LogP contribution in [0.2, 0.25) is 0 Å². The number of fused-ring (bicyclic) bond motifs is 1. The topological polar surface area (TPSA) is 62.9 Å². The minimum atomic E-state index is 0.357. The van der Waals surface area contributed by atoms with Gasteiger partial charge in [0.05, 0.1) is 51.3 Å². The number of allylic oxidation sites excluding steroid dienone is 2. The molecule has 0 unspecified atom stereocenters. The van der Waals surface area contributed by atoms with Crippen molar-refractivity contribution in [3.63, 3.8) is 0 Å². The Labute approximate surface area is 106 Å². The van der Waals surface area contributed by atoms with E-state index in [0.717, 1.165) is 16.9 Å². The largest absolute Gasteiger partial charge is 0.309 e. The van der Waals surface area contributed by atoms with Gasteiger partial charge in [0.15, 0.2) is 0 Å². The first-order valence-electron chi connectivity index (χ1n) is 4.30. The quantitative estimate of drug-likeness (QED) is 0.489. The summed E-state index contributed by atoms with van der Waals surface area (Å²) in [5, 5.41) is 17.6. The zero-order valence-electron chi connectivity index (χ0n) is 7.94. The van der Waals surface area contributed by atoms with Gasteiger partial charge in [0.25, 0.3) is 0 Å². The maximum atomic E-state index is 8.98. The van der Waals surface area contributed by atoms with Crippen LogP contribution < -0.4 is 8.05 Å². The van der Waals surface area contributed by atoms with Crippen molar-refractivity contribution < 1.29 is 0 Å².